The molecule has 0 aromatic carbocycles. The van der Waals surface area contributed by atoms with Crippen molar-refractivity contribution >= 4 is 11.7 Å². The molecule has 0 saturated carbocycles. The molecular weight excluding hydrogens is 216 g/mol. The number of imidazole rings is 1. The Morgan fingerprint density at radius 1 is 1.75 bits per heavy atom. The lowest BCUT2D eigenvalue weighted by molar-refractivity contribution is -0.392. The Kier molecular flexibility index (Phi) is 3.95. The van der Waals surface area contributed by atoms with Crippen LogP contribution in [0, 0.1) is 17.0 Å². The predicted molar refractivity (Wildman–Crippen MR) is 53.7 cm³/mol. The highest BCUT2D eigenvalue weighted by atomic mass is 16.6. The second-order valence-corrected chi connectivity index (χ2v) is 3.08. The molecule has 0 atom stereocenters. The smallest absolute Gasteiger partial charge is 0.343 e. The van der Waals surface area contributed by atoms with Crippen molar-refractivity contribution < 1.29 is 14.8 Å². The maximum Gasteiger partial charge on any atom is 0.343 e. The van der Waals surface area contributed by atoms with E-state index in [0.717, 1.165) is 6.20 Å². The number of carbonyl (C=O) groups excluding carboxylic acids is 1. The Hall–Kier alpha value is -1.96. The summed E-state index contributed by atoms with van der Waals surface area (Å²) in [5, 5.41) is 21.5. The quantitative estimate of drug-likeness (QED) is 0.506. The molecule has 0 aliphatic carbocycles. The molecule has 0 bridgehead atoms. The molecule has 1 aromatic rings. The molecule has 88 valence electrons. The van der Waals surface area contributed by atoms with E-state index in [1.54, 1.807) is 6.92 Å². The summed E-state index contributed by atoms with van der Waals surface area (Å²) in [5.41, 5.74) is 0. The second-order valence-electron chi connectivity index (χ2n) is 3.08. The summed E-state index contributed by atoms with van der Waals surface area (Å²) in [6.07, 6.45) is 1.11. The molecule has 0 unspecified atom stereocenters. The Balaban J connectivity index is 2.76. The molecule has 8 heteroatoms. The number of aryl methyl sites for hydroxylation is 1. The minimum absolute atomic E-state index is 0.125. The van der Waals surface area contributed by atoms with Gasteiger partial charge in [0.05, 0.1) is 6.61 Å². The molecule has 1 heterocycles. The van der Waals surface area contributed by atoms with Crippen molar-refractivity contribution in [2.75, 3.05) is 13.2 Å². The van der Waals surface area contributed by atoms with E-state index in [4.69, 9.17) is 5.11 Å². The summed E-state index contributed by atoms with van der Waals surface area (Å²) in [4.78, 5) is 25.1. The highest BCUT2D eigenvalue weighted by Crippen LogP contribution is 2.12. The maximum atomic E-state index is 11.3. The van der Waals surface area contributed by atoms with Crippen molar-refractivity contribution in [1.82, 2.24) is 14.9 Å². The average Bonchev–Trinajstić information content (AvgIpc) is 2.58. The summed E-state index contributed by atoms with van der Waals surface area (Å²) in [5.74, 6) is -0.235. The van der Waals surface area contributed by atoms with Gasteiger partial charge in [-0.15, -0.1) is 0 Å². The highest BCUT2D eigenvalue weighted by Gasteiger charge is 2.19. The normalized spacial score (nSPS) is 10.1. The van der Waals surface area contributed by atoms with Crippen molar-refractivity contribution in [3.05, 3.63) is 22.1 Å². The van der Waals surface area contributed by atoms with Gasteiger partial charge in [-0.3, -0.25) is 4.79 Å². The van der Waals surface area contributed by atoms with Crippen LogP contribution in [-0.2, 0) is 11.3 Å². The average molecular weight is 228 g/mol. The van der Waals surface area contributed by atoms with Crippen LogP contribution in [0.4, 0.5) is 5.82 Å². The van der Waals surface area contributed by atoms with Crippen LogP contribution >= 0.6 is 0 Å². The molecule has 0 aliphatic heterocycles. The van der Waals surface area contributed by atoms with Crippen LogP contribution in [0.1, 0.15) is 5.82 Å². The van der Waals surface area contributed by atoms with E-state index >= 15 is 0 Å². The number of rotatable bonds is 5. The molecule has 0 aliphatic rings. The number of nitrogens with zero attached hydrogens (tertiary/aromatic N) is 3. The van der Waals surface area contributed by atoms with E-state index in [2.05, 4.69) is 10.3 Å². The molecule has 0 radical (unpaired) electrons. The minimum Gasteiger partial charge on any atom is -0.395 e. The van der Waals surface area contributed by atoms with Gasteiger partial charge in [-0.2, -0.15) is 0 Å². The first-order valence-electron chi connectivity index (χ1n) is 4.60. The van der Waals surface area contributed by atoms with Gasteiger partial charge in [0, 0.05) is 13.5 Å². The number of nitrogens with one attached hydrogen (secondary N) is 1. The lowest BCUT2D eigenvalue weighted by Gasteiger charge is -2.03. The van der Waals surface area contributed by atoms with E-state index in [1.165, 1.54) is 4.57 Å². The summed E-state index contributed by atoms with van der Waals surface area (Å²) in [6, 6.07) is 0. The van der Waals surface area contributed by atoms with E-state index in [1.807, 2.05) is 0 Å². The maximum absolute atomic E-state index is 11.3. The Labute approximate surface area is 91.1 Å². The number of nitro groups is 1. The topological polar surface area (TPSA) is 110 Å². The van der Waals surface area contributed by atoms with Gasteiger partial charge in [-0.25, -0.2) is 9.55 Å². The van der Waals surface area contributed by atoms with Gasteiger partial charge in [0.25, 0.3) is 5.91 Å². The number of aliphatic hydroxyl groups is 1. The summed E-state index contributed by atoms with van der Waals surface area (Å²) < 4.78 is 1.20. The molecule has 0 saturated heterocycles. The van der Waals surface area contributed by atoms with E-state index in [-0.39, 0.29) is 25.5 Å². The highest BCUT2D eigenvalue weighted by molar-refractivity contribution is 5.76. The first-order chi connectivity index (χ1) is 7.56. The van der Waals surface area contributed by atoms with Crippen molar-refractivity contribution in [1.29, 1.82) is 0 Å². The number of carbonyl (C=O) groups is 1. The van der Waals surface area contributed by atoms with Gasteiger partial charge < -0.3 is 20.5 Å². The van der Waals surface area contributed by atoms with Gasteiger partial charge >= 0.3 is 5.82 Å². The Bertz CT molecular complexity index is 401. The third kappa shape index (κ3) is 2.76. The van der Waals surface area contributed by atoms with Gasteiger partial charge in [-0.1, -0.05) is 0 Å². The van der Waals surface area contributed by atoms with Gasteiger partial charge in [-0.05, 0) is 4.92 Å². The fourth-order valence-electron chi connectivity index (χ4n) is 1.19. The SMILES string of the molecule is Cc1ncc([N+](=O)[O-])n1CC(=O)NCCO. The molecule has 2 N–H and O–H groups in total. The monoisotopic (exact) mass is 228 g/mol. The lowest BCUT2D eigenvalue weighted by Crippen LogP contribution is -2.30. The van der Waals surface area contributed by atoms with Crippen LogP contribution in [0.5, 0.6) is 0 Å². The molecule has 1 amide bonds. The molecule has 16 heavy (non-hydrogen) atoms. The van der Waals surface area contributed by atoms with Gasteiger partial charge in [0.1, 0.15) is 6.20 Å². The molecule has 0 spiro atoms. The fourth-order valence-corrected chi connectivity index (χ4v) is 1.19. The number of aromatic nitrogens is 2. The Morgan fingerprint density at radius 3 is 3.00 bits per heavy atom. The standard InChI is InChI=1S/C8H12N4O4/c1-6-10-4-8(12(15)16)11(6)5-7(14)9-2-3-13/h4,13H,2-3,5H2,1H3,(H,9,14). The molecule has 1 rings (SSSR count). The van der Waals surface area contributed by atoms with Crippen molar-refractivity contribution in [3.8, 4) is 0 Å². The lowest BCUT2D eigenvalue weighted by atomic mass is 10.5. The number of amides is 1. The fraction of sp³-hybridized carbons (Fsp3) is 0.500. The molecular formula is C8H12N4O4. The van der Waals surface area contributed by atoms with Crippen LogP contribution in [0.15, 0.2) is 6.20 Å². The van der Waals surface area contributed by atoms with Crippen LogP contribution in [-0.4, -0.2) is 38.6 Å². The van der Waals surface area contributed by atoms with Crippen LogP contribution in [0.25, 0.3) is 0 Å². The van der Waals surface area contributed by atoms with Crippen LogP contribution in [0.2, 0.25) is 0 Å². The third-order valence-electron chi connectivity index (χ3n) is 1.96. The van der Waals surface area contributed by atoms with Gasteiger partial charge in [0.15, 0.2) is 12.4 Å². The minimum atomic E-state index is -0.598. The second kappa shape index (κ2) is 5.21. The first-order valence-corrected chi connectivity index (χ1v) is 4.60. The van der Waals surface area contributed by atoms with Crippen molar-refractivity contribution in [3.63, 3.8) is 0 Å². The van der Waals surface area contributed by atoms with Crippen LogP contribution in [0.3, 0.4) is 0 Å². The number of hydrogen-bond donors (Lipinski definition) is 2. The zero-order chi connectivity index (χ0) is 12.1. The molecule has 0 fully saturated rings. The zero-order valence-corrected chi connectivity index (χ0v) is 8.71. The van der Waals surface area contributed by atoms with Crippen LogP contribution < -0.4 is 5.32 Å². The zero-order valence-electron chi connectivity index (χ0n) is 8.71. The van der Waals surface area contributed by atoms with E-state index in [0.29, 0.717) is 5.82 Å². The van der Waals surface area contributed by atoms with Crippen molar-refractivity contribution in [2.24, 2.45) is 0 Å². The predicted octanol–water partition coefficient (Wildman–Crippen LogP) is -0.792. The summed E-state index contributed by atoms with van der Waals surface area (Å²) in [7, 11) is 0. The van der Waals surface area contributed by atoms with Crippen molar-refractivity contribution in [2.45, 2.75) is 13.5 Å². The number of aliphatic hydroxyl groups excluding tert-OH is 1. The largest absolute Gasteiger partial charge is 0.395 e. The van der Waals surface area contributed by atoms with E-state index in [9.17, 15) is 14.9 Å². The first kappa shape index (κ1) is 12.1. The third-order valence-corrected chi connectivity index (χ3v) is 1.96. The number of hydrogen-bond acceptors (Lipinski definition) is 5. The summed E-state index contributed by atoms with van der Waals surface area (Å²) in [6.45, 7) is 1.35. The molecule has 1 aromatic heterocycles. The van der Waals surface area contributed by atoms with E-state index < -0.39 is 10.8 Å². The Morgan fingerprint density at radius 2 is 2.44 bits per heavy atom. The summed E-state index contributed by atoms with van der Waals surface area (Å²) >= 11 is 0. The van der Waals surface area contributed by atoms with Gasteiger partial charge in [0.2, 0.25) is 0 Å². The molecule has 8 nitrogen and oxygen atoms in total.